The fourth-order valence-electron chi connectivity index (χ4n) is 1.80. The van der Waals surface area contributed by atoms with Crippen molar-refractivity contribution in [1.29, 1.82) is 0 Å². The molecule has 2 rings (SSSR count). The van der Waals surface area contributed by atoms with Gasteiger partial charge in [0.1, 0.15) is 5.69 Å². The minimum Gasteiger partial charge on any atom is -0.379 e. The van der Waals surface area contributed by atoms with Crippen molar-refractivity contribution in [3.05, 3.63) is 54.1 Å². The van der Waals surface area contributed by atoms with Crippen molar-refractivity contribution in [2.24, 2.45) is 0 Å². The van der Waals surface area contributed by atoms with E-state index in [0.717, 1.165) is 11.4 Å². The molecule has 0 aromatic carbocycles. The molecule has 0 radical (unpaired) electrons. The number of amides is 1. The van der Waals surface area contributed by atoms with E-state index in [1.165, 1.54) is 0 Å². The van der Waals surface area contributed by atoms with Crippen LogP contribution in [0.2, 0.25) is 0 Å². The zero-order chi connectivity index (χ0) is 15.3. The van der Waals surface area contributed by atoms with Crippen LogP contribution in [0.15, 0.2) is 42.7 Å². The Kier molecular flexibility index (Phi) is 4.52. The molecule has 0 saturated heterocycles. The van der Waals surface area contributed by atoms with E-state index in [1.807, 2.05) is 24.3 Å². The maximum Gasteiger partial charge on any atom is 0.270 e. The largest absolute Gasteiger partial charge is 0.379 e. The minimum absolute atomic E-state index is 0.0373. The zero-order valence-corrected chi connectivity index (χ0v) is 12.6. The molecular formula is C16H20N4O. The molecule has 0 saturated carbocycles. The van der Waals surface area contributed by atoms with Crippen molar-refractivity contribution in [1.82, 2.24) is 15.3 Å². The maximum absolute atomic E-state index is 12.0. The second-order valence-corrected chi connectivity index (χ2v) is 5.81. The third-order valence-electron chi connectivity index (χ3n) is 2.67. The average molecular weight is 284 g/mol. The first-order chi connectivity index (χ1) is 9.94. The Balaban J connectivity index is 1.94. The molecule has 110 valence electrons. The topological polar surface area (TPSA) is 66.9 Å². The molecule has 0 aliphatic rings. The smallest absolute Gasteiger partial charge is 0.270 e. The summed E-state index contributed by atoms with van der Waals surface area (Å²) < 4.78 is 0. The molecule has 2 aromatic heterocycles. The van der Waals surface area contributed by atoms with Crippen LogP contribution in [0, 0.1) is 0 Å². The van der Waals surface area contributed by atoms with Gasteiger partial charge in [-0.1, -0.05) is 6.07 Å². The third kappa shape index (κ3) is 4.87. The zero-order valence-electron chi connectivity index (χ0n) is 12.6. The van der Waals surface area contributed by atoms with Gasteiger partial charge < -0.3 is 10.6 Å². The van der Waals surface area contributed by atoms with E-state index < -0.39 is 0 Å². The number of aromatic nitrogens is 2. The Morgan fingerprint density at radius 2 is 1.95 bits per heavy atom. The van der Waals surface area contributed by atoms with E-state index in [9.17, 15) is 4.79 Å². The number of hydrogen-bond donors (Lipinski definition) is 2. The SMILES string of the molecule is CC(C)(C)Nc1ccc(C(=O)NCc2ccccn2)nc1. The van der Waals surface area contributed by atoms with Gasteiger partial charge in [0.05, 0.1) is 24.1 Å². The fraction of sp³-hybridized carbons (Fsp3) is 0.312. The summed E-state index contributed by atoms with van der Waals surface area (Å²) in [5.74, 6) is -0.206. The monoisotopic (exact) mass is 284 g/mol. The highest BCUT2D eigenvalue weighted by Crippen LogP contribution is 2.13. The van der Waals surface area contributed by atoms with Gasteiger partial charge in [0.25, 0.3) is 5.91 Å². The number of hydrogen-bond acceptors (Lipinski definition) is 4. The highest BCUT2D eigenvalue weighted by atomic mass is 16.1. The van der Waals surface area contributed by atoms with Crippen molar-refractivity contribution in [2.75, 3.05) is 5.32 Å². The molecule has 0 fully saturated rings. The molecule has 5 heteroatoms. The second-order valence-electron chi connectivity index (χ2n) is 5.81. The van der Waals surface area contributed by atoms with Gasteiger partial charge in [-0.05, 0) is 45.0 Å². The first kappa shape index (κ1) is 15.0. The minimum atomic E-state index is -0.206. The van der Waals surface area contributed by atoms with Crippen molar-refractivity contribution in [3.8, 4) is 0 Å². The standard InChI is InChI=1S/C16H20N4O/c1-16(2,3)20-13-7-8-14(18-11-13)15(21)19-10-12-6-4-5-9-17-12/h4-9,11,20H,10H2,1-3H3,(H,19,21). The number of carbonyl (C=O) groups excluding carboxylic acids is 1. The molecule has 5 nitrogen and oxygen atoms in total. The summed E-state index contributed by atoms with van der Waals surface area (Å²) in [6.45, 7) is 6.60. The van der Waals surface area contributed by atoms with E-state index in [0.29, 0.717) is 12.2 Å². The molecule has 2 heterocycles. The fourth-order valence-corrected chi connectivity index (χ4v) is 1.80. The summed E-state index contributed by atoms with van der Waals surface area (Å²) in [4.78, 5) is 20.3. The van der Waals surface area contributed by atoms with Crippen LogP contribution in [-0.4, -0.2) is 21.4 Å². The van der Waals surface area contributed by atoms with Gasteiger partial charge in [-0.25, -0.2) is 4.98 Å². The van der Waals surface area contributed by atoms with Crippen LogP contribution in [0.3, 0.4) is 0 Å². The summed E-state index contributed by atoms with van der Waals surface area (Å²) in [6, 6.07) is 9.16. The van der Waals surface area contributed by atoms with Crippen molar-refractivity contribution >= 4 is 11.6 Å². The van der Waals surface area contributed by atoms with Crippen LogP contribution in [-0.2, 0) is 6.54 Å². The van der Waals surface area contributed by atoms with Gasteiger partial charge in [0.15, 0.2) is 0 Å². The first-order valence-corrected chi connectivity index (χ1v) is 6.86. The molecule has 1 amide bonds. The van der Waals surface area contributed by atoms with Crippen LogP contribution in [0.5, 0.6) is 0 Å². The van der Waals surface area contributed by atoms with Crippen molar-refractivity contribution < 1.29 is 4.79 Å². The molecule has 0 aliphatic heterocycles. The van der Waals surface area contributed by atoms with Gasteiger partial charge in [-0.2, -0.15) is 0 Å². The highest BCUT2D eigenvalue weighted by molar-refractivity contribution is 5.92. The molecule has 21 heavy (non-hydrogen) atoms. The van der Waals surface area contributed by atoms with Gasteiger partial charge in [-0.3, -0.25) is 9.78 Å². The van der Waals surface area contributed by atoms with E-state index in [2.05, 4.69) is 41.4 Å². The molecule has 2 aromatic rings. The maximum atomic E-state index is 12.0. The van der Waals surface area contributed by atoms with Crippen LogP contribution in [0.25, 0.3) is 0 Å². The van der Waals surface area contributed by atoms with Crippen LogP contribution in [0.1, 0.15) is 37.0 Å². The average Bonchev–Trinajstić information content (AvgIpc) is 2.45. The predicted molar refractivity (Wildman–Crippen MR) is 83.0 cm³/mol. The molecule has 2 N–H and O–H groups in total. The number of pyridine rings is 2. The van der Waals surface area contributed by atoms with E-state index in [4.69, 9.17) is 0 Å². The van der Waals surface area contributed by atoms with Crippen LogP contribution in [0.4, 0.5) is 5.69 Å². The number of nitrogens with one attached hydrogen (secondary N) is 2. The number of nitrogens with zero attached hydrogens (tertiary/aromatic N) is 2. The Morgan fingerprint density at radius 3 is 2.52 bits per heavy atom. The van der Waals surface area contributed by atoms with Gasteiger partial charge in [0, 0.05) is 11.7 Å². The van der Waals surface area contributed by atoms with Gasteiger partial charge in [0.2, 0.25) is 0 Å². The van der Waals surface area contributed by atoms with Crippen LogP contribution >= 0.6 is 0 Å². The summed E-state index contributed by atoms with van der Waals surface area (Å²) in [6.07, 6.45) is 3.37. The Morgan fingerprint density at radius 1 is 1.14 bits per heavy atom. The summed E-state index contributed by atoms with van der Waals surface area (Å²) in [7, 11) is 0. The first-order valence-electron chi connectivity index (χ1n) is 6.86. The van der Waals surface area contributed by atoms with Gasteiger partial charge >= 0.3 is 0 Å². The lowest BCUT2D eigenvalue weighted by Crippen LogP contribution is -2.27. The lowest BCUT2D eigenvalue weighted by Gasteiger charge is -2.21. The Hall–Kier alpha value is -2.43. The summed E-state index contributed by atoms with van der Waals surface area (Å²) >= 11 is 0. The molecule has 0 aliphatic carbocycles. The normalized spacial score (nSPS) is 11.0. The number of carbonyl (C=O) groups is 1. The third-order valence-corrected chi connectivity index (χ3v) is 2.67. The Bertz CT molecular complexity index is 588. The second kappa shape index (κ2) is 6.35. The van der Waals surface area contributed by atoms with Gasteiger partial charge in [-0.15, -0.1) is 0 Å². The van der Waals surface area contributed by atoms with E-state index >= 15 is 0 Å². The van der Waals surface area contributed by atoms with Crippen molar-refractivity contribution in [3.63, 3.8) is 0 Å². The number of anilines is 1. The predicted octanol–water partition coefficient (Wildman–Crippen LogP) is 2.62. The molecular weight excluding hydrogens is 264 g/mol. The lowest BCUT2D eigenvalue weighted by atomic mass is 10.1. The highest BCUT2D eigenvalue weighted by Gasteiger charge is 2.11. The summed E-state index contributed by atoms with van der Waals surface area (Å²) in [5, 5.41) is 6.10. The molecule has 0 bridgehead atoms. The van der Waals surface area contributed by atoms with Crippen LogP contribution < -0.4 is 10.6 Å². The van der Waals surface area contributed by atoms with E-state index in [1.54, 1.807) is 18.5 Å². The molecule has 0 unspecified atom stereocenters. The quantitative estimate of drug-likeness (QED) is 0.905. The van der Waals surface area contributed by atoms with E-state index in [-0.39, 0.29) is 11.4 Å². The van der Waals surface area contributed by atoms with Crippen molar-refractivity contribution in [2.45, 2.75) is 32.9 Å². The lowest BCUT2D eigenvalue weighted by molar-refractivity contribution is 0.0945. The Labute approximate surface area is 124 Å². The molecule has 0 atom stereocenters. The molecule has 0 spiro atoms. The number of rotatable bonds is 4. The summed E-state index contributed by atoms with van der Waals surface area (Å²) in [5.41, 5.74) is 2.07.